The van der Waals surface area contributed by atoms with Gasteiger partial charge in [-0.2, -0.15) is 0 Å². The third-order valence-corrected chi connectivity index (χ3v) is 15.6. The van der Waals surface area contributed by atoms with Crippen LogP contribution in [0.5, 0.6) is 0 Å². The van der Waals surface area contributed by atoms with Gasteiger partial charge in [0, 0.05) is 5.41 Å². The Bertz CT molecular complexity index is 3710. The second-order valence-corrected chi connectivity index (χ2v) is 22.2. The molecule has 0 N–H and O–H groups in total. The highest BCUT2D eigenvalue weighted by Crippen LogP contribution is 2.51. The van der Waals surface area contributed by atoms with Crippen LogP contribution in [-0.4, -0.2) is 0 Å². The first kappa shape index (κ1) is 40.0. The van der Waals surface area contributed by atoms with E-state index in [0.29, 0.717) is 0 Å². The van der Waals surface area contributed by atoms with Crippen LogP contribution in [0.2, 0.25) is 0 Å². The molecular weight excluding hydrogens is 805 g/mol. The summed E-state index contributed by atoms with van der Waals surface area (Å²) in [6, 6.07) is 70.2. The molecule has 0 saturated carbocycles. The fourth-order valence-corrected chi connectivity index (χ4v) is 11.8. The van der Waals surface area contributed by atoms with Crippen molar-refractivity contribution in [3.05, 3.63) is 204 Å². The van der Waals surface area contributed by atoms with Crippen molar-refractivity contribution in [2.75, 3.05) is 0 Å². The van der Waals surface area contributed by atoms with E-state index in [2.05, 4.69) is 237 Å². The normalized spacial score (nSPS) is 13.8. The zero-order valence-electron chi connectivity index (χ0n) is 39.8. The standard InChI is InChI=1S/C67H54/c1-65(2,3)51-33-47-17-15-39-19-25-53(57-29-23-49(35-51)61(47)63(39)57)45-13-9-11-41(31-45)43-21-27-55-56-28-22-44(38-60(56)67(7,8)59(55)37-43)42-12-10-14-46(32-42)54-26-20-40-16-18-48-34-52(66(4,5)6)36-50-24-30-58(54)64(40)62(48)50/h9-38H,1-8H3. The van der Waals surface area contributed by atoms with Gasteiger partial charge < -0.3 is 0 Å². The lowest BCUT2D eigenvalue weighted by Gasteiger charge is -2.23. The molecule has 322 valence electrons. The fraction of sp³-hybridized carbons (Fsp3) is 0.164. The Hall–Kier alpha value is -7.28. The van der Waals surface area contributed by atoms with Crippen LogP contribution in [0.1, 0.15) is 77.6 Å². The number of hydrogen-bond donors (Lipinski definition) is 0. The summed E-state index contributed by atoms with van der Waals surface area (Å²) in [5.41, 5.74) is 18.3. The molecule has 1 aliphatic rings. The molecule has 0 amide bonds. The number of hydrogen-bond acceptors (Lipinski definition) is 0. The fourth-order valence-electron chi connectivity index (χ4n) is 11.8. The first-order valence-electron chi connectivity index (χ1n) is 24.1. The van der Waals surface area contributed by atoms with E-state index in [9.17, 15) is 0 Å². The molecule has 0 unspecified atom stereocenters. The van der Waals surface area contributed by atoms with Crippen LogP contribution >= 0.6 is 0 Å². The number of fused-ring (bicyclic) bond motifs is 3. The zero-order chi connectivity index (χ0) is 45.7. The zero-order valence-corrected chi connectivity index (χ0v) is 39.8. The minimum atomic E-state index is -0.163. The molecule has 0 atom stereocenters. The Labute approximate surface area is 394 Å². The minimum absolute atomic E-state index is 0.0912. The summed E-state index contributed by atoms with van der Waals surface area (Å²) >= 11 is 0. The molecular formula is C67H54. The average molecular weight is 859 g/mol. The van der Waals surface area contributed by atoms with Gasteiger partial charge in [0.1, 0.15) is 0 Å². The second-order valence-electron chi connectivity index (χ2n) is 22.2. The molecule has 12 aromatic rings. The molecule has 0 radical (unpaired) electrons. The van der Waals surface area contributed by atoms with Gasteiger partial charge in [0.05, 0.1) is 0 Å². The quantitative estimate of drug-likeness (QED) is 0.155. The van der Waals surface area contributed by atoms with E-state index in [1.165, 1.54) is 143 Å². The van der Waals surface area contributed by atoms with Gasteiger partial charge in [-0.25, -0.2) is 0 Å². The van der Waals surface area contributed by atoms with E-state index >= 15 is 0 Å². The van der Waals surface area contributed by atoms with Gasteiger partial charge in [0.15, 0.2) is 0 Å². The molecule has 1 aliphatic carbocycles. The Morgan fingerprint density at radius 1 is 0.284 bits per heavy atom. The Morgan fingerprint density at radius 3 is 1.01 bits per heavy atom. The van der Waals surface area contributed by atoms with Gasteiger partial charge in [0.2, 0.25) is 0 Å². The molecule has 0 bridgehead atoms. The smallest absolute Gasteiger partial charge is 0.0159 e. The van der Waals surface area contributed by atoms with Crippen molar-refractivity contribution in [1.82, 2.24) is 0 Å². The van der Waals surface area contributed by atoms with Gasteiger partial charge in [-0.3, -0.25) is 0 Å². The molecule has 13 rings (SSSR count). The second kappa shape index (κ2) is 13.9. The average Bonchev–Trinajstić information content (AvgIpc) is 3.56. The molecule has 67 heavy (non-hydrogen) atoms. The van der Waals surface area contributed by atoms with E-state index in [0.717, 1.165) is 0 Å². The molecule has 0 aliphatic heterocycles. The molecule has 0 fully saturated rings. The molecule has 0 heteroatoms. The lowest BCUT2D eigenvalue weighted by Crippen LogP contribution is -2.15. The summed E-state index contributed by atoms with van der Waals surface area (Å²) in [4.78, 5) is 0. The van der Waals surface area contributed by atoms with E-state index in [1.807, 2.05) is 0 Å². The van der Waals surface area contributed by atoms with Crippen LogP contribution < -0.4 is 0 Å². The highest BCUT2D eigenvalue weighted by Gasteiger charge is 2.36. The van der Waals surface area contributed by atoms with Crippen molar-refractivity contribution in [3.63, 3.8) is 0 Å². The highest BCUT2D eigenvalue weighted by molar-refractivity contribution is 6.27. The van der Waals surface area contributed by atoms with Crippen LogP contribution in [-0.2, 0) is 16.2 Å². The molecule has 0 aromatic heterocycles. The van der Waals surface area contributed by atoms with Gasteiger partial charge in [-0.15, -0.1) is 0 Å². The first-order valence-corrected chi connectivity index (χ1v) is 24.1. The topological polar surface area (TPSA) is 0 Å². The third-order valence-electron chi connectivity index (χ3n) is 15.6. The summed E-state index contributed by atoms with van der Waals surface area (Å²) in [5.74, 6) is 0. The molecule has 0 saturated heterocycles. The predicted molar refractivity (Wildman–Crippen MR) is 291 cm³/mol. The number of rotatable bonds is 4. The number of benzene rings is 12. The van der Waals surface area contributed by atoms with Crippen LogP contribution in [0.25, 0.3) is 120 Å². The van der Waals surface area contributed by atoms with E-state index < -0.39 is 0 Å². The monoisotopic (exact) mass is 858 g/mol. The van der Waals surface area contributed by atoms with Crippen molar-refractivity contribution < 1.29 is 0 Å². The third kappa shape index (κ3) is 6.05. The molecule has 12 aromatic carbocycles. The van der Waals surface area contributed by atoms with Crippen molar-refractivity contribution >= 4 is 64.6 Å². The van der Waals surface area contributed by atoms with Gasteiger partial charge in [-0.1, -0.05) is 213 Å². The largest absolute Gasteiger partial charge is 0.0610 e. The van der Waals surface area contributed by atoms with Crippen molar-refractivity contribution in [2.24, 2.45) is 0 Å². The van der Waals surface area contributed by atoms with Crippen LogP contribution in [0.3, 0.4) is 0 Å². The summed E-state index contributed by atoms with van der Waals surface area (Å²) in [7, 11) is 0. The van der Waals surface area contributed by atoms with Gasteiger partial charge in [-0.05, 0) is 178 Å². The maximum absolute atomic E-state index is 2.46. The first-order chi connectivity index (χ1) is 32.2. The van der Waals surface area contributed by atoms with Crippen LogP contribution in [0.15, 0.2) is 182 Å². The Morgan fingerprint density at radius 2 is 0.612 bits per heavy atom. The summed E-state index contributed by atoms with van der Waals surface area (Å²) in [5, 5.41) is 16.0. The van der Waals surface area contributed by atoms with Gasteiger partial charge >= 0.3 is 0 Å². The predicted octanol–water partition coefficient (Wildman–Crippen LogP) is 19.1. The lowest BCUT2D eigenvalue weighted by molar-refractivity contribution is 0.591. The molecule has 0 heterocycles. The summed E-state index contributed by atoms with van der Waals surface area (Å²) in [6.45, 7) is 18.6. The maximum Gasteiger partial charge on any atom is 0.0159 e. The maximum atomic E-state index is 2.46. The van der Waals surface area contributed by atoms with E-state index in [-0.39, 0.29) is 16.2 Å². The van der Waals surface area contributed by atoms with Crippen LogP contribution in [0.4, 0.5) is 0 Å². The Kier molecular flexibility index (Phi) is 8.29. The highest BCUT2D eigenvalue weighted by atomic mass is 14.4. The summed E-state index contributed by atoms with van der Waals surface area (Å²) < 4.78 is 0. The minimum Gasteiger partial charge on any atom is -0.0610 e. The molecule has 0 nitrogen and oxygen atoms in total. The van der Waals surface area contributed by atoms with Gasteiger partial charge in [0.25, 0.3) is 0 Å². The van der Waals surface area contributed by atoms with Crippen molar-refractivity contribution in [3.8, 4) is 55.6 Å². The Balaban J connectivity index is 0.844. The van der Waals surface area contributed by atoms with Crippen LogP contribution in [0, 0.1) is 0 Å². The van der Waals surface area contributed by atoms with Crippen molar-refractivity contribution in [1.29, 1.82) is 0 Å². The SMILES string of the molecule is CC(C)(C)c1cc2ccc3ccc(-c4cccc(-c5ccc6c(c5)C(C)(C)c5cc(-c7cccc(-c8ccc9ccc%10cc(C(C)(C)C)cc%11ccc8c9c%10%11)c7)ccc5-6)c4)c4ccc(c1)c2c34. The molecule has 0 spiro atoms. The van der Waals surface area contributed by atoms with E-state index in [1.54, 1.807) is 0 Å². The summed E-state index contributed by atoms with van der Waals surface area (Å²) in [6.07, 6.45) is 0. The van der Waals surface area contributed by atoms with E-state index in [4.69, 9.17) is 0 Å². The lowest BCUT2D eigenvalue weighted by atomic mass is 9.80. The van der Waals surface area contributed by atoms with Crippen molar-refractivity contribution in [2.45, 2.75) is 71.6 Å².